The van der Waals surface area contributed by atoms with Crippen LogP contribution in [0.3, 0.4) is 0 Å². The molecule has 0 radical (unpaired) electrons. The molecule has 4 rings (SSSR count). The maximum absolute atomic E-state index is 12.5. The van der Waals surface area contributed by atoms with E-state index in [0.29, 0.717) is 29.1 Å². The second-order valence-electron chi connectivity index (χ2n) is 7.58. The van der Waals surface area contributed by atoms with Crippen molar-refractivity contribution in [2.45, 2.75) is 25.5 Å². The van der Waals surface area contributed by atoms with E-state index < -0.39 is 27.9 Å². The molecule has 1 amide bonds. The molecule has 1 fully saturated rings. The number of carbonyl (C=O) groups excluding carboxylic acids is 1. The lowest BCUT2D eigenvalue weighted by Gasteiger charge is -2.39. The number of hydrogen-bond donors (Lipinski definition) is 2. The SMILES string of the molecule is CC1(NC(=O)C2COc3c(-c4cccc(OC(F)F)c4)n[nH]c3C2)CS(=O)(=O)C1. The summed E-state index contributed by atoms with van der Waals surface area (Å²) in [5, 5.41) is 9.83. The van der Waals surface area contributed by atoms with Gasteiger partial charge in [-0.05, 0) is 19.1 Å². The predicted molar refractivity (Wildman–Crippen MR) is 98.5 cm³/mol. The minimum Gasteiger partial charge on any atom is -0.488 e. The van der Waals surface area contributed by atoms with Crippen LogP contribution in [0.2, 0.25) is 0 Å². The number of aromatic amines is 1. The number of benzene rings is 1. The first kappa shape index (κ1) is 19.6. The van der Waals surface area contributed by atoms with Gasteiger partial charge in [0.15, 0.2) is 15.6 Å². The van der Waals surface area contributed by atoms with Gasteiger partial charge in [-0.1, -0.05) is 12.1 Å². The van der Waals surface area contributed by atoms with E-state index in [1.54, 1.807) is 19.1 Å². The molecule has 1 saturated heterocycles. The second kappa shape index (κ2) is 6.97. The summed E-state index contributed by atoms with van der Waals surface area (Å²) in [4.78, 5) is 12.5. The molecular weight excluding hydrogens is 408 g/mol. The maximum Gasteiger partial charge on any atom is 0.387 e. The molecule has 2 N–H and O–H groups in total. The number of ether oxygens (including phenoxy) is 2. The van der Waals surface area contributed by atoms with Crippen molar-refractivity contribution in [1.82, 2.24) is 15.5 Å². The molecule has 29 heavy (non-hydrogen) atoms. The first-order valence-corrected chi connectivity index (χ1v) is 10.7. The van der Waals surface area contributed by atoms with E-state index in [-0.39, 0.29) is 29.8 Å². The molecule has 2 aliphatic heterocycles. The molecule has 156 valence electrons. The average Bonchev–Trinajstić information content (AvgIpc) is 3.02. The molecule has 1 aromatic heterocycles. The van der Waals surface area contributed by atoms with Crippen LogP contribution in [-0.4, -0.2) is 54.8 Å². The Kier molecular flexibility index (Phi) is 4.72. The third kappa shape index (κ3) is 4.04. The van der Waals surface area contributed by atoms with Crippen LogP contribution < -0.4 is 14.8 Å². The Balaban J connectivity index is 1.47. The molecule has 0 aliphatic carbocycles. The predicted octanol–water partition coefficient (Wildman–Crippen LogP) is 1.53. The molecule has 1 aromatic carbocycles. The van der Waals surface area contributed by atoms with Crippen molar-refractivity contribution < 1.29 is 31.5 Å². The molecule has 0 spiro atoms. The number of hydrogen-bond acceptors (Lipinski definition) is 6. The normalized spacial score (nSPS) is 21.6. The molecule has 3 heterocycles. The van der Waals surface area contributed by atoms with Crippen molar-refractivity contribution in [3.8, 4) is 22.8 Å². The zero-order valence-electron chi connectivity index (χ0n) is 15.4. The van der Waals surface area contributed by atoms with Crippen LogP contribution in [0.5, 0.6) is 11.5 Å². The van der Waals surface area contributed by atoms with Crippen LogP contribution in [-0.2, 0) is 21.1 Å². The van der Waals surface area contributed by atoms with E-state index in [9.17, 15) is 22.0 Å². The largest absolute Gasteiger partial charge is 0.488 e. The minimum atomic E-state index is -3.07. The maximum atomic E-state index is 12.5. The Morgan fingerprint density at radius 2 is 2.17 bits per heavy atom. The van der Waals surface area contributed by atoms with Gasteiger partial charge >= 0.3 is 6.61 Å². The number of sulfone groups is 1. The number of alkyl halides is 2. The third-order valence-corrected chi connectivity index (χ3v) is 7.03. The van der Waals surface area contributed by atoms with Crippen LogP contribution in [0, 0.1) is 5.92 Å². The average molecular weight is 427 g/mol. The van der Waals surface area contributed by atoms with Gasteiger partial charge in [-0.3, -0.25) is 9.89 Å². The van der Waals surface area contributed by atoms with Gasteiger partial charge in [0.05, 0.1) is 28.7 Å². The minimum absolute atomic E-state index is 0.00556. The highest BCUT2D eigenvalue weighted by molar-refractivity contribution is 7.93. The topological polar surface area (TPSA) is 110 Å². The van der Waals surface area contributed by atoms with Gasteiger partial charge < -0.3 is 14.8 Å². The summed E-state index contributed by atoms with van der Waals surface area (Å²) in [5.41, 5.74) is 0.838. The number of rotatable bonds is 5. The van der Waals surface area contributed by atoms with Crippen LogP contribution in [0.25, 0.3) is 11.3 Å². The van der Waals surface area contributed by atoms with Gasteiger partial charge in [-0.2, -0.15) is 13.9 Å². The number of H-pyrrole nitrogens is 1. The van der Waals surface area contributed by atoms with Crippen molar-refractivity contribution in [3.05, 3.63) is 30.0 Å². The summed E-state index contributed by atoms with van der Waals surface area (Å²) in [6, 6.07) is 6.11. The lowest BCUT2D eigenvalue weighted by atomic mass is 9.97. The van der Waals surface area contributed by atoms with E-state index in [2.05, 4.69) is 20.3 Å². The Labute approximate surface area is 165 Å². The van der Waals surface area contributed by atoms with Gasteiger partial charge in [0, 0.05) is 12.0 Å². The van der Waals surface area contributed by atoms with Crippen molar-refractivity contribution in [2.75, 3.05) is 18.1 Å². The Morgan fingerprint density at radius 3 is 2.86 bits per heavy atom. The second-order valence-corrected chi connectivity index (χ2v) is 9.64. The zero-order valence-corrected chi connectivity index (χ0v) is 16.3. The van der Waals surface area contributed by atoms with Crippen LogP contribution in [0.15, 0.2) is 24.3 Å². The Morgan fingerprint density at radius 1 is 1.41 bits per heavy atom. The van der Waals surface area contributed by atoms with Crippen molar-refractivity contribution >= 4 is 15.7 Å². The lowest BCUT2D eigenvalue weighted by molar-refractivity contribution is -0.127. The number of fused-ring (bicyclic) bond motifs is 1. The van der Waals surface area contributed by atoms with Crippen molar-refractivity contribution in [3.63, 3.8) is 0 Å². The fraction of sp³-hybridized carbons (Fsp3) is 0.444. The smallest absolute Gasteiger partial charge is 0.387 e. The number of halogens is 2. The van der Waals surface area contributed by atoms with Gasteiger partial charge in [-0.15, -0.1) is 0 Å². The van der Waals surface area contributed by atoms with E-state index in [1.807, 2.05) is 0 Å². The third-order valence-electron chi connectivity index (χ3n) is 4.88. The standard InChI is InChI=1S/C18H19F2N3O5S/c1-18(8-29(25,26)9-18)21-16(24)11-6-13-15(27-7-11)14(23-22-13)10-3-2-4-12(5-10)28-17(19)20/h2-5,11,17H,6-9H2,1H3,(H,21,24)(H,22,23). The van der Waals surface area contributed by atoms with Crippen molar-refractivity contribution in [1.29, 1.82) is 0 Å². The first-order valence-electron chi connectivity index (χ1n) is 8.92. The number of aromatic nitrogens is 2. The zero-order chi connectivity index (χ0) is 20.8. The molecule has 11 heteroatoms. The highest BCUT2D eigenvalue weighted by Crippen LogP contribution is 2.37. The van der Waals surface area contributed by atoms with E-state index in [1.165, 1.54) is 12.1 Å². The summed E-state index contributed by atoms with van der Waals surface area (Å²) in [5.74, 6) is -0.460. The van der Waals surface area contributed by atoms with E-state index >= 15 is 0 Å². The summed E-state index contributed by atoms with van der Waals surface area (Å²) in [7, 11) is -3.07. The number of nitrogens with one attached hydrogen (secondary N) is 2. The molecule has 1 atom stereocenters. The van der Waals surface area contributed by atoms with E-state index in [4.69, 9.17) is 4.74 Å². The summed E-state index contributed by atoms with van der Waals surface area (Å²) >= 11 is 0. The van der Waals surface area contributed by atoms with Gasteiger partial charge in [0.2, 0.25) is 5.91 Å². The molecule has 2 aromatic rings. The summed E-state index contributed by atoms with van der Waals surface area (Å²) in [6.07, 6.45) is 0.338. The number of nitrogens with zero attached hydrogens (tertiary/aromatic N) is 1. The number of carbonyl (C=O) groups is 1. The van der Waals surface area contributed by atoms with Crippen LogP contribution in [0.4, 0.5) is 8.78 Å². The quantitative estimate of drug-likeness (QED) is 0.749. The molecule has 0 bridgehead atoms. The van der Waals surface area contributed by atoms with Crippen molar-refractivity contribution in [2.24, 2.45) is 5.92 Å². The summed E-state index contributed by atoms with van der Waals surface area (Å²) in [6.45, 7) is -1.13. The fourth-order valence-corrected chi connectivity index (χ4v) is 5.74. The highest BCUT2D eigenvalue weighted by Gasteiger charge is 2.46. The summed E-state index contributed by atoms with van der Waals surface area (Å²) < 4.78 is 57.8. The molecule has 8 nitrogen and oxygen atoms in total. The molecule has 0 saturated carbocycles. The Bertz CT molecular complexity index is 1040. The number of amides is 1. The first-order chi connectivity index (χ1) is 13.6. The Hall–Kier alpha value is -2.69. The van der Waals surface area contributed by atoms with Gasteiger partial charge in [-0.25, -0.2) is 8.42 Å². The van der Waals surface area contributed by atoms with Crippen LogP contribution in [0.1, 0.15) is 12.6 Å². The van der Waals surface area contributed by atoms with Gasteiger partial charge in [0.25, 0.3) is 0 Å². The van der Waals surface area contributed by atoms with E-state index in [0.717, 1.165) is 0 Å². The van der Waals surface area contributed by atoms with Gasteiger partial charge in [0.1, 0.15) is 18.1 Å². The molecule has 1 unspecified atom stereocenters. The van der Waals surface area contributed by atoms with Crippen LogP contribution >= 0.6 is 0 Å². The lowest BCUT2D eigenvalue weighted by Crippen LogP contribution is -2.64. The molecule has 2 aliphatic rings. The monoisotopic (exact) mass is 427 g/mol. The highest BCUT2D eigenvalue weighted by atomic mass is 32.2. The molecular formula is C18H19F2N3O5S. The fourth-order valence-electron chi connectivity index (χ4n) is 3.73.